The van der Waals surface area contributed by atoms with Gasteiger partial charge in [0, 0.05) is 31.0 Å². The first-order chi connectivity index (χ1) is 12.0. The molecule has 0 radical (unpaired) electrons. The van der Waals surface area contributed by atoms with Gasteiger partial charge >= 0.3 is 0 Å². The molecule has 2 heterocycles. The predicted octanol–water partition coefficient (Wildman–Crippen LogP) is 2.99. The van der Waals surface area contributed by atoms with Crippen LogP contribution in [0.3, 0.4) is 0 Å². The van der Waals surface area contributed by atoms with E-state index in [1.54, 1.807) is 4.90 Å². The second-order valence-corrected chi connectivity index (χ2v) is 6.70. The molecule has 0 aliphatic carbocycles. The maximum atomic E-state index is 12.6. The number of primary amides is 1. The van der Waals surface area contributed by atoms with Gasteiger partial charge in [-0.3, -0.25) is 9.59 Å². The number of carbonyl (C=O) groups is 2. The first-order valence-electron chi connectivity index (χ1n) is 8.77. The fourth-order valence-corrected chi connectivity index (χ4v) is 3.33. The molecule has 5 nitrogen and oxygen atoms in total. The number of nitrogens with two attached hydrogens (primary N) is 1. The maximum Gasteiger partial charge on any atom is 0.223 e. The number of furan rings is 1. The Hall–Kier alpha value is -2.56. The highest BCUT2D eigenvalue weighted by Gasteiger charge is 2.31. The largest absolute Gasteiger partial charge is 0.461 e. The van der Waals surface area contributed by atoms with E-state index in [-0.39, 0.29) is 23.8 Å². The normalized spacial score (nSPS) is 20.4. The highest BCUT2D eigenvalue weighted by Crippen LogP contribution is 2.25. The lowest BCUT2D eigenvalue weighted by Gasteiger charge is -2.37. The number of hydrogen-bond acceptors (Lipinski definition) is 3. The van der Waals surface area contributed by atoms with Crippen LogP contribution in [0, 0.1) is 5.92 Å². The molecule has 1 aliphatic rings. The van der Waals surface area contributed by atoms with Crippen LogP contribution < -0.4 is 5.73 Å². The molecular weight excluding hydrogens is 316 g/mol. The molecule has 0 saturated carbocycles. The van der Waals surface area contributed by atoms with E-state index in [9.17, 15) is 9.59 Å². The van der Waals surface area contributed by atoms with Crippen LogP contribution >= 0.6 is 0 Å². The lowest BCUT2D eigenvalue weighted by molar-refractivity contribution is -0.137. The number of benzene rings is 1. The standard InChI is InChI=1S/C20H24N2O3/c1-14-7-8-16(20(21)24)13-22(14)19(23)12-10-17-9-11-18(25-17)15-5-3-2-4-6-15/h2-6,9,11,14,16H,7-8,10,12-13H2,1H3,(H2,21,24). The summed E-state index contributed by atoms with van der Waals surface area (Å²) in [6, 6.07) is 13.9. The number of carbonyl (C=O) groups excluding carboxylic acids is 2. The fourth-order valence-electron chi connectivity index (χ4n) is 3.33. The van der Waals surface area contributed by atoms with Gasteiger partial charge in [-0.2, -0.15) is 0 Å². The summed E-state index contributed by atoms with van der Waals surface area (Å²) in [5.74, 6) is 1.11. The molecule has 1 aromatic heterocycles. The summed E-state index contributed by atoms with van der Waals surface area (Å²) >= 11 is 0. The van der Waals surface area contributed by atoms with Crippen LogP contribution in [0.2, 0.25) is 0 Å². The minimum absolute atomic E-state index is 0.0520. The Bertz CT molecular complexity index is 738. The quantitative estimate of drug-likeness (QED) is 0.909. The average Bonchev–Trinajstić information content (AvgIpc) is 3.09. The smallest absolute Gasteiger partial charge is 0.223 e. The highest BCUT2D eigenvalue weighted by atomic mass is 16.3. The minimum atomic E-state index is -0.316. The monoisotopic (exact) mass is 340 g/mol. The van der Waals surface area contributed by atoms with Gasteiger partial charge in [-0.05, 0) is 31.9 Å². The number of nitrogens with zero attached hydrogens (tertiary/aromatic N) is 1. The third kappa shape index (κ3) is 4.10. The summed E-state index contributed by atoms with van der Waals surface area (Å²) in [6.45, 7) is 2.46. The Morgan fingerprint density at radius 2 is 1.92 bits per heavy atom. The van der Waals surface area contributed by atoms with E-state index in [0.29, 0.717) is 19.4 Å². The number of hydrogen-bond donors (Lipinski definition) is 1. The third-order valence-corrected chi connectivity index (χ3v) is 4.91. The van der Waals surface area contributed by atoms with Crippen LogP contribution in [0.25, 0.3) is 11.3 Å². The molecule has 3 rings (SSSR count). The first-order valence-corrected chi connectivity index (χ1v) is 8.77. The number of amides is 2. The Balaban J connectivity index is 1.59. The van der Waals surface area contributed by atoms with Crippen molar-refractivity contribution in [1.82, 2.24) is 4.90 Å². The van der Waals surface area contributed by atoms with Crippen LogP contribution in [0.15, 0.2) is 46.9 Å². The van der Waals surface area contributed by atoms with Crippen LogP contribution in [0.5, 0.6) is 0 Å². The molecule has 1 aromatic carbocycles. The van der Waals surface area contributed by atoms with Gasteiger partial charge in [-0.1, -0.05) is 30.3 Å². The molecule has 2 amide bonds. The maximum absolute atomic E-state index is 12.6. The molecule has 1 fully saturated rings. The molecule has 25 heavy (non-hydrogen) atoms. The molecule has 5 heteroatoms. The second kappa shape index (κ2) is 7.55. The summed E-state index contributed by atoms with van der Waals surface area (Å²) in [6.07, 6.45) is 2.50. The van der Waals surface area contributed by atoms with Crippen molar-refractivity contribution in [2.75, 3.05) is 6.54 Å². The zero-order valence-corrected chi connectivity index (χ0v) is 14.5. The van der Waals surface area contributed by atoms with Crippen molar-refractivity contribution in [3.8, 4) is 11.3 Å². The zero-order chi connectivity index (χ0) is 17.8. The van der Waals surface area contributed by atoms with Gasteiger partial charge in [-0.15, -0.1) is 0 Å². The van der Waals surface area contributed by atoms with E-state index >= 15 is 0 Å². The van der Waals surface area contributed by atoms with E-state index < -0.39 is 0 Å². The Morgan fingerprint density at radius 3 is 2.64 bits per heavy atom. The van der Waals surface area contributed by atoms with Crippen LogP contribution in [0.1, 0.15) is 31.9 Å². The summed E-state index contributed by atoms with van der Waals surface area (Å²) in [4.78, 5) is 25.8. The Labute approximate surface area is 147 Å². The molecular formula is C20H24N2O3. The van der Waals surface area contributed by atoms with Crippen LogP contribution in [-0.4, -0.2) is 29.3 Å². The van der Waals surface area contributed by atoms with Gasteiger partial charge in [0.25, 0.3) is 0 Å². The van der Waals surface area contributed by atoms with Gasteiger partial charge in [0.2, 0.25) is 11.8 Å². The molecule has 2 unspecified atom stereocenters. The molecule has 2 aromatic rings. The molecule has 1 saturated heterocycles. The van der Waals surface area contributed by atoms with Gasteiger partial charge in [0.15, 0.2) is 0 Å². The third-order valence-electron chi connectivity index (χ3n) is 4.91. The first kappa shape index (κ1) is 17.3. The van der Waals surface area contributed by atoms with Gasteiger partial charge in [0.1, 0.15) is 11.5 Å². The zero-order valence-electron chi connectivity index (χ0n) is 14.5. The van der Waals surface area contributed by atoms with Crippen molar-refractivity contribution in [3.63, 3.8) is 0 Å². The SMILES string of the molecule is CC1CCC(C(N)=O)CN1C(=O)CCc1ccc(-c2ccccc2)o1. The Morgan fingerprint density at radius 1 is 1.16 bits per heavy atom. The van der Waals surface area contributed by atoms with E-state index in [1.165, 1.54) is 0 Å². The fraction of sp³-hybridized carbons (Fsp3) is 0.400. The summed E-state index contributed by atoms with van der Waals surface area (Å²) in [5.41, 5.74) is 6.43. The lowest BCUT2D eigenvalue weighted by atomic mass is 9.92. The topological polar surface area (TPSA) is 76.5 Å². The van der Waals surface area contributed by atoms with Crippen molar-refractivity contribution in [3.05, 3.63) is 48.2 Å². The Kier molecular flexibility index (Phi) is 5.22. The highest BCUT2D eigenvalue weighted by molar-refractivity contribution is 5.80. The van der Waals surface area contributed by atoms with Crippen molar-refractivity contribution < 1.29 is 14.0 Å². The number of aryl methyl sites for hydroxylation is 1. The number of piperidine rings is 1. The van der Waals surface area contributed by atoms with Crippen molar-refractivity contribution in [2.24, 2.45) is 11.7 Å². The molecule has 0 spiro atoms. The van der Waals surface area contributed by atoms with Gasteiger partial charge < -0.3 is 15.1 Å². The van der Waals surface area contributed by atoms with Gasteiger partial charge in [0.05, 0.1) is 5.92 Å². The molecule has 2 N–H and O–H groups in total. The van der Waals surface area contributed by atoms with Gasteiger partial charge in [-0.25, -0.2) is 0 Å². The molecule has 0 bridgehead atoms. The predicted molar refractivity (Wildman–Crippen MR) is 95.6 cm³/mol. The number of likely N-dealkylation sites (tertiary alicyclic amines) is 1. The summed E-state index contributed by atoms with van der Waals surface area (Å²) in [5, 5.41) is 0. The number of rotatable bonds is 5. The average molecular weight is 340 g/mol. The second-order valence-electron chi connectivity index (χ2n) is 6.70. The van der Waals surface area contributed by atoms with E-state index in [1.807, 2.05) is 49.4 Å². The van der Waals surface area contributed by atoms with E-state index in [2.05, 4.69) is 0 Å². The van der Waals surface area contributed by atoms with Crippen LogP contribution in [0.4, 0.5) is 0 Å². The van der Waals surface area contributed by atoms with Crippen molar-refractivity contribution >= 4 is 11.8 Å². The van der Waals surface area contributed by atoms with Crippen LogP contribution in [-0.2, 0) is 16.0 Å². The van der Waals surface area contributed by atoms with Crippen molar-refractivity contribution in [2.45, 2.75) is 38.6 Å². The molecule has 2 atom stereocenters. The van der Waals surface area contributed by atoms with E-state index in [4.69, 9.17) is 10.2 Å². The molecule has 132 valence electrons. The van der Waals surface area contributed by atoms with Crippen molar-refractivity contribution in [1.29, 1.82) is 0 Å². The minimum Gasteiger partial charge on any atom is -0.461 e. The summed E-state index contributed by atoms with van der Waals surface area (Å²) < 4.78 is 5.85. The lowest BCUT2D eigenvalue weighted by Crippen LogP contribution is -2.48. The molecule has 1 aliphatic heterocycles. The van der Waals surface area contributed by atoms with E-state index in [0.717, 1.165) is 29.9 Å². The summed E-state index contributed by atoms with van der Waals surface area (Å²) in [7, 11) is 0.